The monoisotopic (exact) mass is 402 g/mol. The molecule has 3 unspecified atom stereocenters. The second-order valence-electron chi connectivity index (χ2n) is 12.2. The average Bonchev–Trinajstić information content (AvgIpc) is 3.03. The minimum atomic E-state index is -0.0442. The Morgan fingerprint density at radius 1 is 0.931 bits per heavy atom. The molecule has 4 rings (SSSR count). The number of aliphatic hydroxyl groups is 2. The van der Waals surface area contributed by atoms with Crippen molar-refractivity contribution in [2.24, 2.45) is 52.3 Å². The third kappa shape index (κ3) is 3.75. The Labute approximate surface area is 179 Å². The summed E-state index contributed by atoms with van der Waals surface area (Å²) in [7, 11) is 0. The molecule has 0 saturated heterocycles. The lowest BCUT2D eigenvalue weighted by molar-refractivity contribution is -0.129. The quantitative estimate of drug-likeness (QED) is 0.536. The van der Waals surface area contributed by atoms with Crippen LogP contribution in [-0.2, 0) is 0 Å². The number of allylic oxidation sites excluding steroid dienone is 1. The summed E-state index contributed by atoms with van der Waals surface area (Å²) < 4.78 is 0. The molecule has 9 atom stereocenters. The molecule has 0 bridgehead atoms. The molecule has 0 radical (unpaired) electrons. The predicted molar refractivity (Wildman–Crippen MR) is 120 cm³/mol. The molecule has 4 saturated carbocycles. The van der Waals surface area contributed by atoms with Crippen LogP contribution in [0.25, 0.3) is 0 Å². The predicted octanol–water partition coefficient (Wildman–Crippen LogP) is 6.22. The highest BCUT2D eigenvalue weighted by atomic mass is 16.3. The van der Waals surface area contributed by atoms with Gasteiger partial charge in [0.1, 0.15) is 0 Å². The van der Waals surface area contributed by atoms with E-state index in [-0.39, 0.29) is 6.10 Å². The minimum absolute atomic E-state index is 0.0442. The summed E-state index contributed by atoms with van der Waals surface area (Å²) >= 11 is 0. The molecule has 0 amide bonds. The molecular weight excluding hydrogens is 356 g/mol. The van der Waals surface area contributed by atoms with Gasteiger partial charge in [0.25, 0.3) is 0 Å². The Bertz CT molecular complexity index is 597. The van der Waals surface area contributed by atoms with E-state index in [4.69, 9.17) is 0 Å². The number of rotatable bonds is 5. The third-order valence-electron chi connectivity index (χ3n) is 10.4. The van der Waals surface area contributed by atoms with Crippen LogP contribution in [0, 0.1) is 52.3 Å². The van der Waals surface area contributed by atoms with Crippen molar-refractivity contribution in [1.82, 2.24) is 0 Å². The summed E-state index contributed by atoms with van der Waals surface area (Å²) in [6, 6.07) is 0. The van der Waals surface area contributed by atoms with Gasteiger partial charge in [0, 0.05) is 12.5 Å². The van der Waals surface area contributed by atoms with Crippen molar-refractivity contribution in [2.45, 2.75) is 98.0 Å². The molecule has 0 aliphatic heterocycles. The zero-order chi connectivity index (χ0) is 20.8. The second-order valence-corrected chi connectivity index (χ2v) is 12.2. The first-order chi connectivity index (χ1) is 13.8. The van der Waals surface area contributed by atoms with Gasteiger partial charge in [-0.2, -0.15) is 0 Å². The van der Waals surface area contributed by atoms with Crippen LogP contribution in [0.5, 0.6) is 0 Å². The van der Waals surface area contributed by atoms with Crippen LogP contribution < -0.4 is 0 Å². The van der Waals surface area contributed by atoms with E-state index in [2.05, 4.69) is 39.8 Å². The molecule has 4 aliphatic carbocycles. The number of hydrogen-bond acceptors (Lipinski definition) is 2. The van der Waals surface area contributed by atoms with Crippen LogP contribution in [0.1, 0.15) is 91.9 Å². The molecule has 2 nitrogen and oxygen atoms in total. The van der Waals surface area contributed by atoms with Gasteiger partial charge in [0.2, 0.25) is 0 Å². The molecule has 2 N–H and O–H groups in total. The Kier molecular flexibility index (Phi) is 6.26. The minimum Gasteiger partial charge on any atom is -0.396 e. The van der Waals surface area contributed by atoms with E-state index in [0.29, 0.717) is 35.2 Å². The standard InChI is InChI=1S/C27H46O2/c1-18(2)6-5-7-19(17-28)23-10-11-24-22-9-8-20-16-21(29)12-14-26(20,3)25(22)13-15-27(23,24)4/h5,7,18-25,28-29H,6,8-17H2,1-4H3/b7-5+/t19-,20-,21-,22?,23+,24?,25?,26-,27+/m0/s1. The first kappa shape index (κ1) is 21.9. The van der Waals surface area contributed by atoms with Crippen LogP contribution in [0.2, 0.25) is 0 Å². The fourth-order valence-electron chi connectivity index (χ4n) is 8.83. The van der Waals surface area contributed by atoms with Crippen molar-refractivity contribution < 1.29 is 10.2 Å². The highest BCUT2D eigenvalue weighted by Gasteiger charge is 2.60. The lowest BCUT2D eigenvalue weighted by Crippen LogP contribution is -2.54. The first-order valence-electron chi connectivity index (χ1n) is 12.7. The molecule has 166 valence electrons. The Morgan fingerprint density at radius 2 is 1.66 bits per heavy atom. The van der Waals surface area contributed by atoms with Crippen molar-refractivity contribution >= 4 is 0 Å². The van der Waals surface area contributed by atoms with Crippen LogP contribution in [0.3, 0.4) is 0 Å². The zero-order valence-electron chi connectivity index (χ0n) is 19.4. The highest BCUT2D eigenvalue weighted by Crippen LogP contribution is 2.68. The fraction of sp³-hybridized carbons (Fsp3) is 0.926. The highest BCUT2D eigenvalue weighted by molar-refractivity contribution is 5.11. The van der Waals surface area contributed by atoms with Gasteiger partial charge in [0.05, 0.1) is 6.10 Å². The molecule has 29 heavy (non-hydrogen) atoms. The van der Waals surface area contributed by atoms with E-state index in [0.717, 1.165) is 42.9 Å². The molecule has 0 spiro atoms. The van der Waals surface area contributed by atoms with E-state index in [1.807, 2.05) is 0 Å². The zero-order valence-corrected chi connectivity index (χ0v) is 19.4. The molecule has 0 aromatic rings. The maximum Gasteiger partial charge on any atom is 0.0543 e. The molecule has 2 heteroatoms. The normalized spacial score (nSPS) is 48.4. The van der Waals surface area contributed by atoms with Crippen LogP contribution >= 0.6 is 0 Å². The van der Waals surface area contributed by atoms with Gasteiger partial charge in [-0.25, -0.2) is 0 Å². The van der Waals surface area contributed by atoms with Gasteiger partial charge >= 0.3 is 0 Å². The van der Waals surface area contributed by atoms with E-state index >= 15 is 0 Å². The van der Waals surface area contributed by atoms with E-state index in [1.165, 1.54) is 44.9 Å². The van der Waals surface area contributed by atoms with Gasteiger partial charge in [-0.15, -0.1) is 0 Å². The van der Waals surface area contributed by atoms with Gasteiger partial charge in [-0.05, 0) is 111 Å². The molecule has 0 heterocycles. The summed E-state index contributed by atoms with van der Waals surface area (Å²) in [6.45, 7) is 10.0. The maximum atomic E-state index is 10.2. The molecule has 4 fully saturated rings. The van der Waals surface area contributed by atoms with Crippen molar-refractivity contribution in [3.05, 3.63) is 12.2 Å². The Hall–Kier alpha value is -0.340. The van der Waals surface area contributed by atoms with Crippen molar-refractivity contribution in [2.75, 3.05) is 6.61 Å². The lowest BCUT2D eigenvalue weighted by Gasteiger charge is -2.61. The molecular formula is C27H46O2. The largest absolute Gasteiger partial charge is 0.396 e. The SMILES string of the molecule is CC(C)C/C=C/[C@@H](CO)[C@H]1CCC2C3CC[C@H]4C[C@@H](O)CC[C@]4(C)C3CC[C@@]21C. The van der Waals surface area contributed by atoms with Crippen LogP contribution in [0.4, 0.5) is 0 Å². The van der Waals surface area contributed by atoms with Crippen LogP contribution in [0.15, 0.2) is 12.2 Å². The summed E-state index contributed by atoms with van der Waals surface area (Å²) in [5, 5.41) is 20.5. The molecule has 0 aromatic carbocycles. The smallest absolute Gasteiger partial charge is 0.0543 e. The second kappa shape index (κ2) is 8.30. The summed E-state index contributed by atoms with van der Waals surface area (Å²) in [5.41, 5.74) is 0.878. The molecule has 4 aliphatic rings. The topological polar surface area (TPSA) is 40.5 Å². The third-order valence-corrected chi connectivity index (χ3v) is 10.4. The van der Waals surface area contributed by atoms with Gasteiger partial charge in [-0.3, -0.25) is 0 Å². The fourth-order valence-corrected chi connectivity index (χ4v) is 8.83. The van der Waals surface area contributed by atoms with Gasteiger partial charge < -0.3 is 10.2 Å². The lowest BCUT2D eigenvalue weighted by atomic mass is 9.44. The van der Waals surface area contributed by atoms with Crippen LogP contribution in [-0.4, -0.2) is 22.9 Å². The summed E-state index contributed by atoms with van der Waals surface area (Å²) in [5.74, 6) is 5.04. The van der Waals surface area contributed by atoms with E-state index in [9.17, 15) is 10.2 Å². The first-order valence-corrected chi connectivity index (χ1v) is 12.7. The van der Waals surface area contributed by atoms with E-state index < -0.39 is 0 Å². The summed E-state index contributed by atoms with van der Waals surface area (Å²) in [4.78, 5) is 0. The summed E-state index contributed by atoms with van der Waals surface area (Å²) in [6.07, 6.45) is 17.2. The average molecular weight is 403 g/mol. The maximum absolute atomic E-state index is 10.2. The number of hydrogen-bond donors (Lipinski definition) is 2. The van der Waals surface area contributed by atoms with Gasteiger partial charge in [-0.1, -0.05) is 39.8 Å². The van der Waals surface area contributed by atoms with Gasteiger partial charge in [0.15, 0.2) is 0 Å². The Balaban J connectivity index is 1.52. The Morgan fingerprint density at radius 3 is 2.38 bits per heavy atom. The number of fused-ring (bicyclic) bond motifs is 5. The van der Waals surface area contributed by atoms with Crippen molar-refractivity contribution in [1.29, 1.82) is 0 Å². The van der Waals surface area contributed by atoms with Crippen molar-refractivity contribution in [3.8, 4) is 0 Å². The molecule has 0 aromatic heterocycles. The number of aliphatic hydroxyl groups excluding tert-OH is 2. The van der Waals surface area contributed by atoms with E-state index in [1.54, 1.807) is 0 Å². The van der Waals surface area contributed by atoms with Crippen molar-refractivity contribution in [3.63, 3.8) is 0 Å².